The SMILES string of the molecule is C=c1c(C)c(C)c(=C)c2oc(C)nc12. The van der Waals surface area contributed by atoms with Gasteiger partial charge in [0.15, 0.2) is 11.5 Å². The van der Waals surface area contributed by atoms with E-state index in [2.05, 4.69) is 18.1 Å². The molecule has 0 unspecified atom stereocenters. The van der Waals surface area contributed by atoms with Crippen LogP contribution in [0.1, 0.15) is 17.0 Å². The summed E-state index contributed by atoms with van der Waals surface area (Å²) < 4.78 is 5.50. The minimum absolute atomic E-state index is 0.666. The largest absolute Gasteiger partial charge is 0.440 e. The molecule has 0 fully saturated rings. The molecule has 0 spiro atoms. The summed E-state index contributed by atoms with van der Waals surface area (Å²) in [5.74, 6) is 0.666. The Morgan fingerprint density at radius 3 is 2.21 bits per heavy atom. The summed E-state index contributed by atoms with van der Waals surface area (Å²) in [4.78, 5) is 4.31. The lowest BCUT2D eigenvalue weighted by atomic mass is 10.0. The van der Waals surface area contributed by atoms with Crippen molar-refractivity contribution in [2.24, 2.45) is 0 Å². The molecule has 0 atom stereocenters. The Kier molecular flexibility index (Phi) is 1.74. The Labute approximate surface area is 82.6 Å². The lowest BCUT2D eigenvalue weighted by Gasteiger charge is -2.00. The van der Waals surface area contributed by atoms with E-state index in [0.29, 0.717) is 5.89 Å². The molecule has 1 aromatic heterocycles. The van der Waals surface area contributed by atoms with Gasteiger partial charge in [-0.1, -0.05) is 13.2 Å². The van der Waals surface area contributed by atoms with E-state index in [0.717, 1.165) is 32.7 Å². The zero-order valence-electron chi connectivity index (χ0n) is 8.77. The summed E-state index contributed by atoms with van der Waals surface area (Å²) in [7, 11) is 0. The lowest BCUT2D eigenvalue weighted by molar-refractivity contribution is 0.559. The molecule has 2 rings (SSSR count). The van der Waals surface area contributed by atoms with E-state index >= 15 is 0 Å². The van der Waals surface area contributed by atoms with Crippen LogP contribution >= 0.6 is 0 Å². The molecule has 2 aromatic rings. The Hall–Kier alpha value is -1.57. The van der Waals surface area contributed by atoms with Gasteiger partial charge in [-0.2, -0.15) is 0 Å². The quantitative estimate of drug-likeness (QED) is 0.625. The van der Waals surface area contributed by atoms with E-state index in [1.54, 1.807) is 0 Å². The van der Waals surface area contributed by atoms with Crippen LogP contribution in [0.3, 0.4) is 0 Å². The Balaban J connectivity index is 3.18. The Bertz CT molecular complexity index is 555. The third-order valence-corrected chi connectivity index (χ3v) is 2.76. The second kappa shape index (κ2) is 2.71. The van der Waals surface area contributed by atoms with Crippen LogP contribution in [-0.2, 0) is 0 Å². The van der Waals surface area contributed by atoms with Gasteiger partial charge in [0.25, 0.3) is 0 Å². The van der Waals surface area contributed by atoms with Gasteiger partial charge in [-0.25, -0.2) is 4.98 Å². The highest BCUT2D eigenvalue weighted by Crippen LogP contribution is 2.09. The smallest absolute Gasteiger partial charge is 0.192 e. The van der Waals surface area contributed by atoms with Crippen molar-refractivity contribution in [2.45, 2.75) is 20.8 Å². The fourth-order valence-corrected chi connectivity index (χ4v) is 1.64. The number of oxazole rings is 1. The fraction of sp³-hybridized carbons (Fsp3) is 0.250. The molecule has 1 aromatic carbocycles. The van der Waals surface area contributed by atoms with Crippen LogP contribution in [0.2, 0.25) is 0 Å². The van der Waals surface area contributed by atoms with Crippen LogP contribution in [0.5, 0.6) is 0 Å². The van der Waals surface area contributed by atoms with E-state index < -0.39 is 0 Å². The maximum Gasteiger partial charge on any atom is 0.192 e. The first-order valence-corrected chi connectivity index (χ1v) is 4.56. The van der Waals surface area contributed by atoms with E-state index in [9.17, 15) is 0 Å². The second-order valence-corrected chi connectivity index (χ2v) is 3.62. The Morgan fingerprint density at radius 1 is 1.00 bits per heavy atom. The fourth-order valence-electron chi connectivity index (χ4n) is 1.64. The summed E-state index contributed by atoms with van der Waals surface area (Å²) in [5.41, 5.74) is 3.90. The highest BCUT2D eigenvalue weighted by atomic mass is 16.3. The van der Waals surface area contributed by atoms with Gasteiger partial charge in [-0.05, 0) is 25.0 Å². The van der Waals surface area contributed by atoms with Crippen molar-refractivity contribution in [3.05, 3.63) is 27.5 Å². The van der Waals surface area contributed by atoms with E-state index in [-0.39, 0.29) is 0 Å². The number of rotatable bonds is 0. The number of aromatic nitrogens is 1. The predicted octanol–water partition coefficient (Wildman–Crippen LogP) is 1.57. The van der Waals surface area contributed by atoms with Crippen molar-refractivity contribution in [1.29, 1.82) is 0 Å². The molecule has 0 radical (unpaired) electrons. The molecule has 0 saturated carbocycles. The molecule has 0 aliphatic carbocycles. The summed E-state index contributed by atoms with van der Waals surface area (Å²) in [6.07, 6.45) is 0. The first kappa shape index (κ1) is 9.00. The summed E-state index contributed by atoms with van der Waals surface area (Å²) in [6, 6.07) is 0. The number of fused-ring (bicyclic) bond motifs is 1. The molecule has 1 heterocycles. The number of benzene rings is 1. The molecule has 0 aliphatic heterocycles. The van der Waals surface area contributed by atoms with Gasteiger partial charge in [-0.3, -0.25) is 0 Å². The number of aryl methyl sites for hydroxylation is 1. The molecule has 72 valence electrons. The van der Waals surface area contributed by atoms with Crippen LogP contribution in [0, 0.1) is 20.8 Å². The van der Waals surface area contributed by atoms with Crippen LogP contribution in [0.4, 0.5) is 0 Å². The first-order valence-electron chi connectivity index (χ1n) is 4.56. The zero-order valence-corrected chi connectivity index (χ0v) is 8.77. The minimum Gasteiger partial charge on any atom is -0.440 e. The molecule has 0 saturated heterocycles. The summed E-state index contributed by atoms with van der Waals surface area (Å²) >= 11 is 0. The highest BCUT2D eigenvalue weighted by Gasteiger charge is 2.08. The standard InChI is InChI=1S/C12H13NO/c1-6-7(2)9(4)12-11(8(6)3)13-10(5)14-12/h3-4H2,1-2,5H3. The third kappa shape index (κ3) is 1.00. The lowest BCUT2D eigenvalue weighted by Crippen LogP contribution is -2.17. The van der Waals surface area contributed by atoms with Crippen LogP contribution in [-0.4, -0.2) is 4.98 Å². The molecule has 0 N–H and O–H groups in total. The molecule has 0 aliphatic rings. The van der Waals surface area contributed by atoms with Gasteiger partial charge in [-0.15, -0.1) is 0 Å². The predicted molar refractivity (Wildman–Crippen MR) is 58.5 cm³/mol. The van der Waals surface area contributed by atoms with Gasteiger partial charge in [0.2, 0.25) is 0 Å². The van der Waals surface area contributed by atoms with Gasteiger partial charge in [0.1, 0.15) is 5.52 Å². The average Bonchev–Trinajstić information content (AvgIpc) is 2.54. The van der Waals surface area contributed by atoms with Crippen molar-refractivity contribution in [1.82, 2.24) is 4.98 Å². The van der Waals surface area contributed by atoms with Gasteiger partial charge >= 0.3 is 0 Å². The van der Waals surface area contributed by atoms with Gasteiger partial charge in [0, 0.05) is 17.4 Å². The van der Waals surface area contributed by atoms with Crippen molar-refractivity contribution in [2.75, 3.05) is 0 Å². The van der Waals surface area contributed by atoms with E-state index in [1.165, 1.54) is 0 Å². The topological polar surface area (TPSA) is 26.0 Å². The molecular formula is C12H13NO. The maximum absolute atomic E-state index is 5.50. The van der Waals surface area contributed by atoms with E-state index in [4.69, 9.17) is 4.42 Å². The number of hydrogen-bond acceptors (Lipinski definition) is 2. The van der Waals surface area contributed by atoms with Gasteiger partial charge in [0.05, 0.1) is 0 Å². The third-order valence-electron chi connectivity index (χ3n) is 2.76. The number of hydrogen-bond donors (Lipinski definition) is 0. The zero-order chi connectivity index (χ0) is 10.5. The monoisotopic (exact) mass is 187 g/mol. The normalized spacial score (nSPS) is 11.1. The highest BCUT2D eigenvalue weighted by molar-refractivity contribution is 5.76. The van der Waals surface area contributed by atoms with Crippen molar-refractivity contribution in [3.63, 3.8) is 0 Å². The first-order chi connectivity index (χ1) is 6.52. The molecule has 0 amide bonds. The average molecular weight is 187 g/mol. The van der Waals surface area contributed by atoms with Crippen molar-refractivity contribution in [3.8, 4) is 0 Å². The molecule has 0 bridgehead atoms. The molecule has 2 nitrogen and oxygen atoms in total. The number of nitrogens with zero attached hydrogens (tertiary/aromatic N) is 1. The Morgan fingerprint density at radius 2 is 1.57 bits per heavy atom. The minimum atomic E-state index is 0.666. The molecule has 14 heavy (non-hydrogen) atoms. The molecular weight excluding hydrogens is 174 g/mol. The second-order valence-electron chi connectivity index (χ2n) is 3.62. The van der Waals surface area contributed by atoms with Gasteiger partial charge < -0.3 is 4.42 Å². The summed E-state index contributed by atoms with van der Waals surface area (Å²) in [5, 5.41) is 1.87. The van der Waals surface area contributed by atoms with Crippen molar-refractivity contribution < 1.29 is 4.42 Å². The van der Waals surface area contributed by atoms with Crippen molar-refractivity contribution >= 4 is 24.3 Å². The van der Waals surface area contributed by atoms with Crippen LogP contribution in [0.15, 0.2) is 4.42 Å². The summed E-state index contributed by atoms with van der Waals surface area (Å²) in [6.45, 7) is 13.9. The van der Waals surface area contributed by atoms with Crippen LogP contribution < -0.4 is 10.4 Å². The van der Waals surface area contributed by atoms with E-state index in [1.807, 2.05) is 20.8 Å². The van der Waals surface area contributed by atoms with Crippen LogP contribution in [0.25, 0.3) is 24.3 Å². The maximum atomic E-state index is 5.50. The molecule has 2 heteroatoms.